The Balaban J connectivity index is 1.28. The minimum absolute atomic E-state index is 0.577. The average Bonchev–Trinajstić information content (AvgIpc) is 3.44. The third-order valence-electron chi connectivity index (χ3n) is 13.1. The second kappa shape index (κ2) is 19.3. The Labute approximate surface area is 405 Å². The number of hydrogen-bond acceptors (Lipinski definition) is 7. The fourth-order valence-corrected chi connectivity index (χ4v) is 9.76. The zero-order valence-electron chi connectivity index (χ0n) is 39.3. The molecule has 10 rings (SSSR count). The number of ether oxygens (including phenoxy) is 4. The van der Waals surface area contributed by atoms with Crippen LogP contribution in [0.2, 0.25) is 0 Å². The van der Waals surface area contributed by atoms with E-state index in [0.717, 1.165) is 90.9 Å². The summed E-state index contributed by atoms with van der Waals surface area (Å²) in [5, 5.41) is 0. The van der Waals surface area contributed by atoms with E-state index < -0.39 is 5.41 Å². The molecule has 340 valence electrons. The standard InChI is InChI=1S/C62H53N3O4/c1-44-19-21-45-22-24-52(64(49-29-37-55(68-4)38-30-49)50-31-39-56(69-5)40-32-50)43-59(45)62(57-15-9-11-17-60(57)65(46-13-7-6-8-14-46)61-18-12-10-16-58(61)62)42-41-51(23-20-44)63(47-25-33-53(66-2)34-26-47)48-27-35-54(67-3)36-28-48/h6-41,43H,1,42H2,2-5H3/b21-19-,23-20-,51-41+. The molecule has 0 saturated heterocycles. The summed E-state index contributed by atoms with van der Waals surface area (Å²) in [4.78, 5) is 7.01. The number of rotatable bonds is 11. The zero-order valence-corrected chi connectivity index (χ0v) is 39.3. The summed E-state index contributed by atoms with van der Waals surface area (Å²) in [6.07, 6.45) is 11.6. The molecule has 1 spiro atoms. The monoisotopic (exact) mass is 903 g/mol. The molecule has 0 fully saturated rings. The van der Waals surface area contributed by atoms with Gasteiger partial charge < -0.3 is 33.6 Å². The maximum Gasteiger partial charge on any atom is 0.119 e. The second-order valence-electron chi connectivity index (χ2n) is 16.9. The van der Waals surface area contributed by atoms with Gasteiger partial charge in [0.2, 0.25) is 0 Å². The quantitative estimate of drug-likeness (QED) is 0.128. The summed E-state index contributed by atoms with van der Waals surface area (Å²) in [5.74, 6) is 3.13. The van der Waals surface area contributed by atoms with E-state index in [1.54, 1.807) is 28.4 Å². The van der Waals surface area contributed by atoms with Gasteiger partial charge in [-0.2, -0.15) is 0 Å². The normalized spacial score (nSPS) is 15.2. The first-order valence-electron chi connectivity index (χ1n) is 23.0. The second-order valence-corrected chi connectivity index (χ2v) is 16.9. The number of allylic oxidation sites excluding steroid dienone is 5. The first-order chi connectivity index (χ1) is 33.9. The Morgan fingerprint density at radius 1 is 0.420 bits per heavy atom. The summed E-state index contributed by atoms with van der Waals surface area (Å²) >= 11 is 0. The Morgan fingerprint density at radius 3 is 1.32 bits per heavy atom. The first-order valence-corrected chi connectivity index (χ1v) is 23.0. The SMILES string of the molecule is C=C1/C=C\C(N(c2ccc(OC)cc2)c2ccc(OC)cc2)=C/CC2(c3cc(N(c4ccc(OC)cc4)c4ccc(OC)cc4)ccc3/C=C\1)c1ccccc1N(c1ccccc1)c1ccccc12. The molecule has 0 saturated carbocycles. The summed E-state index contributed by atoms with van der Waals surface area (Å²) in [6.45, 7) is 4.56. The maximum absolute atomic E-state index is 5.64. The molecule has 2 aliphatic rings. The van der Waals surface area contributed by atoms with Crippen LogP contribution in [-0.4, -0.2) is 28.4 Å². The summed E-state index contributed by atoms with van der Waals surface area (Å²) in [6, 6.07) is 68.3. The van der Waals surface area contributed by atoms with Gasteiger partial charge in [-0.1, -0.05) is 91.5 Å². The predicted octanol–water partition coefficient (Wildman–Crippen LogP) is 15.6. The van der Waals surface area contributed by atoms with Gasteiger partial charge in [-0.05, 0) is 174 Å². The number of anilines is 8. The highest BCUT2D eigenvalue weighted by molar-refractivity contribution is 5.89. The van der Waals surface area contributed by atoms with Crippen molar-refractivity contribution in [3.8, 4) is 23.0 Å². The van der Waals surface area contributed by atoms with Crippen LogP contribution in [0.4, 0.5) is 45.5 Å². The van der Waals surface area contributed by atoms with E-state index in [-0.39, 0.29) is 0 Å². The van der Waals surface area contributed by atoms with Crippen molar-refractivity contribution >= 4 is 51.6 Å². The molecule has 8 aromatic carbocycles. The molecular weight excluding hydrogens is 851 g/mol. The fraction of sp³-hybridized carbons (Fsp3) is 0.0968. The van der Waals surface area contributed by atoms with Gasteiger partial charge >= 0.3 is 0 Å². The zero-order chi connectivity index (χ0) is 47.3. The molecule has 69 heavy (non-hydrogen) atoms. The van der Waals surface area contributed by atoms with Crippen molar-refractivity contribution < 1.29 is 18.9 Å². The molecule has 0 atom stereocenters. The Kier molecular flexibility index (Phi) is 12.3. The van der Waals surface area contributed by atoms with Crippen LogP contribution < -0.4 is 33.6 Å². The van der Waals surface area contributed by atoms with Gasteiger partial charge in [-0.3, -0.25) is 0 Å². The van der Waals surface area contributed by atoms with Crippen LogP contribution in [0.3, 0.4) is 0 Å². The third-order valence-corrected chi connectivity index (χ3v) is 13.1. The van der Waals surface area contributed by atoms with E-state index in [9.17, 15) is 0 Å². The molecule has 0 unspecified atom stereocenters. The van der Waals surface area contributed by atoms with E-state index in [2.05, 4.69) is 197 Å². The molecule has 0 bridgehead atoms. The predicted molar refractivity (Wildman–Crippen MR) is 283 cm³/mol. The van der Waals surface area contributed by atoms with Crippen molar-refractivity contribution in [3.63, 3.8) is 0 Å². The lowest BCUT2D eigenvalue weighted by Gasteiger charge is -2.46. The molecule has 1 aliphatic heterocycles. The van der Waals surface area contributed by atoms with E-state index in [1.807, 2.05) is 48.5 Å². The Hall–Kier alpha value is -8.68. The lowest BCUT2D eigenvalue weighted by Crippen LogP contribution is -2.37. The van der Waals surface area contributed by atoms with Crippen molar-refractivity contribution in [1.29, 1.82) is 0 Å². The third kappa shape index (κ3) is 8.40. The number of hydrogen-bond donors (Lipinski definition) is 0. The highest BCUT2D eigenvalue weighted by atomic mass is 16.5. The van der Waals surface area contributed by atoms with Gasteiger partial charge in [-0.25, -0.2) is 0 Å². The molecule has 1 aliphatic carbocycles. The van der Waals surface area contributed by atoms with Gasteiger partial charge in [0.1, 0.15) is 23.0 Å². The Morgan fingerprint density at radius 2 is 0.841 bits per heavy atom. The topological polar surface area (TPSA) is 46.6 Å². The molecule has 0 amide bonds. The van der Waals surface area contributed by atoms with Crippen LogP contribution in [0.25, 0.3) is 6.08 Å². The summed E-state index contributed by atoms with van der Waals surface area (Å²) < 4.78 is 22.6. The minimum atomic E-state index is -0.754. The number of nitrogens with zero attached hydrogens (tertiary/aromatic N) is 3. The number of fused-ring (bicyclic) bond motifs is 6. The van der Waals surface area contributed by atoms with E-state index in [1.165, 1.54) is 11.1 Å². The van der Waals surface area contributed by atoms with Crippen LogP contribution >= 0.6 is 0 Å². The van der Waals surface area contributed by atoms with Gasteiger partial charge in [0.15, 0.2) is 0 Å². The van der Waals surface area contributed by atoms with E-state index >= 15 is 0 Å². The van der Waals surface area contributed by atoms with Gasteiger partial charge in [0.25, 0.3) is 0 Å². The van der Waals surface area contributed by atoms with Crippen molar-refractivity contribution in [2.75, 3.05) is 43.1 Å². The average molecular weight is 904 g/mol. The van der Waals surface area contributed by atoms with Crippen molar-refractivity contribution in [2.24, 2.45) is 0 Å². The molecule has 0 radical (unpaired) electrons. The number of para-hydroxylation sites is 3. The van der Waals surface area contributed by atoms with Crippen LogP contribution in [0.15, 0.2) is 236 Å². The van der Waals surface area contributed by atoms with Crippen molar-refractivity contribution in [3.05, 3.63) is 259 Å². The maximum atomic E-state index is 5.64. The highest BCUT2D eigenvalue weighted by Crippen LogP contribution is 2.58. The molecule has 1 heterocycles. The van der Waals surface area contributed by atoms with E-state index in [4.69, 9.17) is 18.9 Å². The lowest BCUT2D eigenvalue weighted by molar-refractivity contribution is 0.414. The van der Waals surface area contributed by atoms with Gasteiger partial charge in [-0.15, -0.1) is 0 Å². The fourth-order valence-electron chi connectivity index (χ4n) is 9.76. The van der Waals surface area contributed by atoms with Crippen molar-refractivity contribution in [1.82, 2.24) is 0 Å². The molecule has 7 heteroatoms. The minimum Gasteiger partial charge on any atom is -0.497 e. The molecule has 8 aromatic rings. The molecule has 0 N–H and O–H groups in total. The molecule has 7 nitrogen and oxygen atoms in total. The highest BCUT2D eigenvalue weighted by Gasteiger charge is 2.46. The van der Waals surface area contributed by atoms with Crippen LogP contribution in [0.1, 0.15) is 28.7 Å². The molecule has 0 aromatic heterocycles. The van der Waals surface area contributed by atoms with Crippen LogP contribution in [0, 0.1) is 0 Å². The van der Waals surface area contributed by atoms with Crippen LogP contribution in [0.5, 0.6) is 23.0 Å². The van der Waals surface area contributed by atoms with Gasteiger partial charge in [0, 0.05) is 39.8 Å². The van der Waals surface area contributed by atoms with Gasteiger partial charge in [0.05, 0.1) is 45.2 Å². The van der Waals surface area contributed by atoms with Crippen LogP contribution in [-0.2, 0) is 5.41 Å². The number of benzene rings is 8. The number of methoxy groups -OCH3 is 4. The Bertz CT molecular complexity index is 3050. The van der Waals surface area contributed by atoms with Crippen molar-refractivity contribution in [2.45, 2.75) is 11.8 Å². The largest absolute Gasteiger partial charge is 0.497 e. The first kappa shape index (κ1) is 44.2. The smallest absolute Gasteiger partial charge is 0.119 e. The summed E-state index contributed by atoms with van der Waals surface area (Å²) in [5.41, 5.74) is 13.9. The lowest BCUT2D eigenvalue weighted by atomic mass is 9.63. The molecular formula is C62H53N3O4. The van der Waals surface area contributed by atoms with E-state index in [0.29, 0.717) is 6.42 Å². The summed E-state index contributed by atoms with van der Waals surface area (Å²) in [7, 11) is 6.78.